The Kier molecular flexibility index (Phi) is 4.99. The first-order chi connectivity index (χ1) is 12.5. The molecule has 132 valence electrons. The molecule has 2 heterocycles. The summed E-state index contributed by atoms with van der Waals surface area (Å²) < 4.78 is 5.52. The van der Waals surface area contributed by atoms with E-state index in [1.165, 1.54) is 17.0 Å². The lowest BCUT2D eigenvalue weighted by Gasteiger charge is -2.07. The number of likely N-dealkylation sites (N-methyl/N-ethyl adjacent to an activating group) is 1. The normalized spacial score (nSPS) is 15.6. The van der Waals surface area contributed by atoms with Gasteiger partial charge >= 0.3 is 0 Å². The molecule has 0 saturated carbocycles. The summed E-state index contributed by atoms with van der Waals surface area (Å²) in [7, 11) is 0. The molecule has 0 radical (unpaired) electrons. The van der Waals surface area contributed by atoms with E-state index in [1.54, 1.807) is 37.3 Å². The Morgan fingerprint density at radius 3 is 2.50 bits per heavy atom. The number of ether oxygens (including phenoxy) is 1. The van der Waals surface area contributed by atoms with Gasteiger partial charge in [0, 0.05) is 18.7 Å². The minimum absolute atomic E-state index is 0.117. The Morgan fingerprint density at radius 1 is 1.23 bits per heavy atom. The van der Waals surface area contributed by atoms with Gasteiger partial charge in [-0.1, -0.05) is 12.1 Å². The molecular formula is C17H13N3O5S. The van der Waals surface area contributed by atoms with Crippen LogP contribution in [0.5, 0.6) is 11.6 Å². The van der Waals surface area contributed by atoms with Crippen molar-refractivity contribution in [2.24, 2.45) is 0 Å². The quantitative estimate of drug-likeness (QED) is 0.447. The van der Waals surface area contributed by atoms with Crippen molar-refractivity contribution in [3.8, 4) is 11.6 Å². The number of nitro groups is 1. The molecule has 3 rings (SSSR count). The maximum absolute atomic E-state index is 12.1. The van der Waals surface area contributed by atoms with Crippen molar-refractivity contribution in [2.45, 2.75) is 6.92 Å². The summed E-state index contributed by atoms with van der Waals surface area (Å²) in [5.41, 5.74) is 0.629. The zero-order valence-corrected chi connectivity index (χ0v) is 14.4. The van der Waals surface area contributed by atoms with Crippen LogP contribution < -0.4 is 4.74 Å². The molecule has 9 heteroatoms. The van der Waals surface area contributed by atoms with Crippen LogP contribution in [0.2, 0.25) is 0 Å². The second-order valence-corrected chi connectivity index (χ2v) is 6.20. The molecule has 1 fully saturated rings. The summed E-state index contributed by atoms with van der Waals surface area (Å²) in [5.74, 6) is 0.426. The number of nitrogens with zero attached hydrogens (tertiary/aromatic N) is 3. The van der Waals surface area contributed by atoms with Crippen LogP contribution in [0, 0.1) is 10.1 Å². The molecule has 0 atom stereocenters. The van der Waals surface area contributed by atoms with Gasteiger partial charge in [-0.25, -0.2) is 4.98 Å². The van der Waals surface area contributed by atoms with Gasteiger partial charge in [0.15, 0.2) is 0 Å². The average molecular weight is 371 g/mol. The van der Waals surface area contributed by atoms with Crippen LogP contribution in [-0.4, -0.2) is 32.5 Å². The Morgan fingerprint density at radius 2 is 1.96 bits per heavy atom. The molecule has 1 aromatic heterocycles. The summed E-state index contributed by atoms with van der Waals surface area (Å²) in [5, 5.41) is 10.3. The number of amides is 2. The highest BCUT2D eigenvalue weighted by atomic mass is 32.2. The van der Waals surface area contributed by atoms with Gasteiger partial charge in [0.05, 0.1) is 9.83 Å². The lowest BCUT2D eigenvalue weighted by molar-refractivity contribution is -0.385. The van der Waals surface area contributed by atoms with Gasteiger partial charge in [0.1, 0.15) is 11.9 Å². The predicted octanol–water partition coefficient (Wildman–Crippen LogP) is 3.84. The molecule has 26 heavy (non-hydrogen) atoms. The van der Waals surface area contributed by atoms with E-state index in [0.717, 1.165) is 23.5 Å². The summed E-state index contributed by atoms with van der Waals surface area (Å²) in [6.07, 6.45) is 2.77. The van der Waals surface area contributed by atoms with Gasteiger partial charge in [0.25, 0.3) is 16.8 Å². The fraction of sp³-hybridized carbons (Fsp3) is 0.118. The smallest absolute Gasteiger partial charge is 0.293 e. The van der Waals surface area contributed by atoms with Gasteiger partial charge in [-0.15, -0.1) is 0 Å². The number of rotatable bonds is 5. The van der Waals surface area contributed by atoms with Crippen LogP contribution in [0.15, 0.2) is 47.5 Å². The molecule has 1 saturated heterocycles. The first-order valence-corrected chi connectivity index (χ1v) is 8.43. The van der Waals surface area contributed by atoms with E-state index in [2.05, 4.69) is 4.98 Å². The molecule has 2 amide bonds. The maximum Gasteiger partial charge on any atom is 0.293 e. The molecule has 1 aromatic carbocycles. The highest BCUT2D eigenvalue weighted by Gasteiger charge is 2.33. The van der Waals surface area contributed by atoms with E-state index in [4.69, 9.17) is 4.74 Å². The van der Waals surface area contributed by atoms with Crippen molar-refractivity contribution in [1.29, 1.82) is 0 Å². The Bertz CT molecular complexity index is 894. The fourth-order valence-corrected chi connectivity index (χ4v) is 3.12. The topological polar surface area (TPSA) is 103 Å². The third-order valence-corrected chi connectivity index (χ3v) is 4.43. The van der Waals surface area contributed by atoms with Crippen LogP contribution >= 0.6 is 11.8 Å². The molecule has 0 N–H and O–H groups in total. The Labute approximate surface area is 152 Å². The first kappa shape index (κ1) is 17.6. The number of hydrogen-bond acceptors (Lipinski definition) is 7. The van der Waals surface area contributed by atoms with Crippen molar-refractivity contribution in [3.05, 3.63) is 63.2 Å². The minimum Gasteiger partial charge on any atom is -0.439 e. The van der Waals surface area contributed by atoms with Gasteiger partial charge in [-0.2, -0.15) is 0 Å². The number of hydrogen-bond donors (Lipinski definition) is 0. The second kappa shape index (κ2) is 7.36. The van der Waals surface area contributed by atoms with E-state index < -0.39 is 4.92 Å². The van der Waals surface area contributed by atoms with E-state index in [0.29, 0.717) is 17.2 Å². The number of imide groups is 1. The maximum atomic E-state index is 12.1. The van der Waals surface area contributed by atoms with E-state index in [1.807, 2.05) is 0 Å². The summed E-state index contributed by atoms with van der Waals surface area (Å²) in [4.78, 5) is 39.3. The third kappa shape index (κ3) is 3.72. The second-order valence-electron chi connectivity index (χ2n) is 5.21. The Hall–Kier alpha value is -3.20. The molecule has 2 aromatic rings. The summed E-state index contributed by atoms with van der Waals surface area (Å²) >= 11 is 0.914. The van der Waals surface area contributed by atoms with Gasteiger partial charge in [-0.05, 0) is 42.5 Å². The molecule has 1 aliphatic rings. The van der Waals surface area contributed by atoms with Crippen LogP contribution in [0.1, 0.15) is 12.5 Å². The van der Waals surface area contributed by atoms with Crippen molar-refractivity contribution < 1.29 is 19.2 Å². The Balaban J connectivity index is 1.71. The molecule has 8 nitrogen and oxygen atoms in total. The molecule has 0 aliphatic carbocycles. The SMILES string of the molecule is CCN1C(=O)SC(=Cc2ccc(Oc3ccc([N+](=O)[O-])cn3)cc2)C1=O. The zero-order valence-electron chi connectivity index (χ0n) is 13.6. The highest BCUT2D eigenvalue weighted by molar-refractivity contribution is 8.18. The standard InChI is InChI=1S/C17H13N3O5S/c1-2-19-16(21)14(26-17(19)22)9-11-3-6-13(7-4-11)25-15-8-5-12(10-18-15)20(23)24/h3-10H,2H2,1H3. The van der Waals surface area contributed by atoms with Gasteiger partial charge in [0.2, 0.25) is 5.88 Å². The first-order valence-electron chi connectivity index (χ1n) is 7.61. The largest absolute Gasteiger partial charge is 0.439 e. The lowest BCUT2D eigenvalue weighted by atomic mass is 10.2. The molecule has 0 spiro atoms. The van der Waals surface area contributed by atoms with Crippen LogP contribution in [0.25, 0.3) is 6.08 Å². The molecule has 1 aliphatic heterocycles. The number of carbonyl (C=O) groups excluding carboxylic acids is 2. The number of aromatic nitrogens is 1. The predicted molar refractivity (Wildman–Crippen MR) is 95.8 cm³/mol. The van der Waals surface area contributed by atoms with E-state index >= 15 is 0 Å². The fourth-order valence-electron chi connectivity index (χ4n) is 2.22. The van der Waals surface area contributed by atoms with E-state index in [-0.39, 0.29) is 22.7 Å². The number of benzene rings is 1. The van der Waals surface area contributed by atoms with Crippen LogP contribution in [0.4, 0.5) is 10.5 Å². The number of thioether (sulfide) groups is 1. The molecule has 0 bridgehead atoms. The van der Waals surface area contributed by atoms with Crippen LogP contribution in [-0.2, 0) is 4.79 Å². The summed E-state index contributed by atoms with van der Waals surface area (Å²) in [6.45, 7) is 2.09. The van der Waals surface area contributed by atoms with Gasteiger partial charge < -0.3 is 4.74 Å². The monoisotopic (exact) mass is 371 g/mol. The number of carbonyl (C=O) groups is 2. The highest BCUT2D eigenvalue weighted by Crippen LogP contribution is 2.32. The van der Waals surface area contributed by atoms with Crippen LogP contribution in [0.3, 0.4) is 0 Å². The van der Waals surface area contributed by atoms with Gasteiger partial charge in [-0.3, -0.25) is 24.6 Å². The van der Waals surface area contributed by atoms with E-state index in [9.17, 15) is 19.7 Å². The number of pyridine rings is 1. The minimum atomic E-state index is -0.536. The van der Waals surface area contributed by atoms with Crippen molar-refractivity contribution >= 4 is 34.7 Å². The molecule has 0 unspecified atom stereocenters. The van der Waals surface area contributed by atoms with Crippen molar-refractivity contribution in [3.63, 3.8) is 0 Å². The van der Waals surface area contributed by atoms with Crippen molar-refractivity contribution in [1.82, 2.24) is 9.88 Å². The summed E-state index contributed by atoms with van der Waals surface area (Å²) in [6, 6.07) is 9.55. The van der Waals surface area contributed by atoms with Crippen molar-refractivity contribution in [2.75, 3.05) is 6.54 Å². The lowest BCUT2D eigenvalue weighted by Crippen LogP contribution is -2.27. The third-order valence-electron chi connectivity index (χ3n) is 3.52. The zero-order chi connectivity index (χ0) is 18.7. The molecular weight excluding hydrogens is 358 g/mol. The average Bonchev–Trinajstić information content (AvgIpc) is 2.90.